The van der Waals surface area contributed by atoms with Crippen molar-refractivity contribution in [3.8, 4) is 0 Å². The maximum Gasteiger partial charge on any atom is 0.251 e. The molecule has 0 spiro atoms. The van der Waals surface area contributed by atoms with Gasteiger partial charge in [0.15, 0.2) is 0 Å². The molecule has 2 nitrogen and oxygen atoms in total. The maximum absolute atomic E-state index is 12.5. The van der Waals surface area contributed by atoms with Crippen LogP contribution in [0.25, 0.3) is 0 Å². The van der Waals surface area contributed by atoms with Crippen molar-refractivity contribution in [2.24, 2.45) is 0 Å². The Morgan fingerprint density at radius 1 is 0.962 bits per heavy atom. The van der Waals surface area contributed by atoms with Crippen LogP contribution in [0.3, 0.4) is 0 Å². The summed E-state index contributed by atoms with van der Waals surface area (Å²) in [7, 11) is 0. The van der Waals surface area contributed by atoms with Crippen molar-refractivity contribution in [1.82, 2.24) is 5.32 Å². The summed E-state index contributed by atoms with van der Waals surface area (Å²) in [4.78, 5) is 13.8. The number of nitrogens with one attached hydrogen (secondary N) is 1. The fraction of sp³-hybridized carbons (Fsp3) is 0.435. The summed E-state index contributed by atoms with van der Waals surface area (Å²) in [5, 5.41) is 3.72. The number of rotatable bonds is 4. The van der Waals surface area contributed by atoms with Crippen LogP contribution in [-0.2, 0) is 5.41 Å². The molecule has 1 amide bonds. The zero-order valence-corrected chi connectivity index (χ0v) is 16.8. The van der Waals surface area contributed by atoms with Crippen molar-refractivity contribution in [1.29, 1.82) is 0 Å². The van der Waals surface area contributed by atoms with Crippen molar-refractivity contribution in [2.75, 3.05) is 0 Å². The predicted molar refractivity (Wildman–Crippen MR) is 111 cm³/mol. The number of hydrogen-bond donors (Lipinski definition) is 1. The summed E-state index contributed by atoms with van der Waals surface area (Å²) >= 11 is 1.91. The minimum Gasteiger partial charge on any atom is -0.348 e. The van der Waals surface area contributed by atoms with Gasteiger partial charge in [-0.2, -0.15) is 0 Å². The van der Waals surface area contributed by atoms with E-state index in [2.05, 4.69) is 50.4 Å². The molecular formula is C23H29NOS. The van der Waals surface area contributed by atoms with E-state index in [1.54, 1.807) is 0 Å². The second-order valence-corrected chi connectivity index (χ2v) is 9.47. The number of amides is 1. The molecular weight excluding hydrogens is 338 g/mol. The fourth-order valence-corrected chi connectivity index (χ4v) is 4.75. The number of hydrogen-bond acceptors (Lipinski definition) is 2. The molecule has 1 aliphatic rings. The van der Waals surface area contributed by atoms with Crippen LogP contribution in [0, 0.1) is 0 Å². The van der Waals surface area contributed by atoms with Crippen molar-refractivity contribution < 1.29 is 4.79 Å². The van der Waals surface area contributed by atoms with Gasteiger partial charge in [0.05, 0.1) is 0 Å². The highest BCUT2D eigenvalue weighted by Crippen LogP contribution is 2.35. The molecule has 0 radical (unpaired) electrons. The standard InChI is InChI=1S/C23H29NOS/c1-23(2,3)18-13-15-19(16-14-18)26-21-12-8-7-11-20(21)24-22(25)17-9-5-4-6-10-17/h4-6,9-10,13-16,20-21H,7-8,11-12H2,1-3H3,(H,24,25)/t20-,21-/m1/s1. The molecule has 26 heavy (non-hydrogen) atoms. The van der Waals surface area contributed by atoms with Crippen LogP contribution in [0.4, 0.5) is 0 Å². The van der Waals surface area contributed by atoms with E-state index in [1.165, 1.54) is 23.3 Å². The fourth-order valence-electron chi connectivity index (χ4n) is 3.45. The highest BCUT2D eigenvalue weighted by Gasteiger charge is 2.27. The van der Waals surface area contributed by atoms with E-state index in [0.717, 1.165) is 18.4 Å². The van der Waals surface area contributed by atoms with Gasteiger partial charge in [-0.1, -0.05) is 63.9 Å². The largest absolute Gasteiger partial charge is 0.348 e. The molecule has 1 aliphatic carbocycles. The van der Waals surface area contributed by atoms with E-state index in [9.17, 15) is 4.79 Å². The Morgan fingerprint density at radius 2 is 1.62 bits per heavy atom. The molecule has 0 heterocycles. The van der Waals surface area contributed by atoms with Gasteiger partial charge in [-0.15, -0.1) is 11.8 Å². The number of benzene rings is 2. The van der Waals surface area contributed by atoms with Crippen LogP contribution in [0.2, 0.25) is 0 Å². The van der Waals surface area contributed by atoms with Crippen LogP contribution in [0.15, 0.2) is 59.5 Å². The van der Waals surface area contributed by atoms with Gasteiger partial charge in [-0.05, 0) is 48.1 Å². The van der Waals surface area contributed by atoms with Crippen molar-refractivity contribution in [3.63, 3.8) is 0 Å². The highest BCUT2D eigenvalue weighted by atomic mass is 32.2. The van der Waals surface area contributed by atoms with Gasteiger partial charge in [-0.25, -0.2) is 0 Å². The molecule has 0 aliphatic heterocycles. The molecule has 3 rings (SSSR count). The second kappa shape index (κ2) is 8.30. The quantitative estimate of drug-likeness (QED) is 0.738. The highest BCUT2D eigenvalue weighted by molar-refractivity contribution is 8.00. The Balaban J connectivity index is 1.66. The number of thioether (sulfide) groups is 1. The third kappa shape index (κ3) is 4.91. The minimum atomic E-state index is 0.0474. The summed E-state index contributed by atoms with van der Waals surface area (Å²) < 4.78 is 0. The molecule has 2 aromatic rings. The summed E-state index contributed by atoms with van der Waals surface area (Å²) in [6.07, 6.45) is 4.66. The lowest BCUT2D eigenvalue weighted by Crippen LogP contribution is -2.43. The van der Waals surface area contributed by atoms with Gasteiger partial charge in [0.1, 0.15) is 0 Å². The molecule has 1 N–H and O–H groups in total. The van der Waals surface area contributed by atoms with Crippen LogP contribution in [-0.4, -0.2) is 17.2 Å². The molecule has 0 aromatic heterocycles. The first kappa shape index (κ1) is 19.0. The summed E-state index contributed by atoms with van der Waals surface area (Å²) in [6, 6.07) is 18.7. The normalized spacial score (nSPS) is 20.6. The van der Waals surface area contributed by atoms with E-state index >= 15 is 0 Å². The third-order valence-electron chi connectivity index (χ3n) is 5.06. The molecule has 138 valence electrons. The topological polar surface area (TPSA) is 29.1 Å². The van der Waals surface area contributed by atoms with Gasteiger partial charge in [0, 0.05) is 21.8 Å². The molecule has 0 unspecified atom stereocenters. The molecule has 1 fully saturated rings. The zero-order chi connectivity index (χ0) is 18.6. The lowest BCUT2D eigenvalue weighted by atomic mass is 9.87. The molecule has 2 aromatic carbocycles. The minimum absolute atomic E-state index is 0.0474. The zero-order valence-electron chi connectivity index (χ0n) is 16.0. The predicted octanol–water partition coefficient (Wildman–Crippen LogP) is 5.82. The Bertz CT molecular complexity index is 718. The van der Waals surface area contributed by atoms with Crippen molar-refractivity contribution >= 4 is 17.7 Å². The average molecular weight is 368 g/mol. The first-order chi connectivity index (χ1) is 12.4. The van der Waals surface area contributed by atoms with E-state index in [1.807, 2.05) is 42.1 Å². The molecule has 3 heteroatoms. The van der Waals surface area contributed by atoms with Gasteiger partial charge in [-0.3, -0.25) is 4.79 Å². The lowest BCUT2D eigenvalue weighted by Gasteiger charge is -2.32. The van der Waals surface area contributed by atoms with Gasteiger partial charge < -0.3 is 5.32 Å². The van der Waals surface area contributed by atoms with Crippen molar-refractivity contribution in [2.45, 2.75) is 68.1 Å². The van der Waals surface area contributed by atoms with E-state index in [4.69, 9.17) is 0 Å². The van der Waals surface area contributed by atoms with Crippen LogP contribution >= 0.6 is 11.8 Å². The van der Waals surface area contributed by atoms with Gasteiger partial charge in [0.2, 0.25) is 0 Å². The Hall–Kier alpha value is -1.74. The average Bonchev–Trinajstić information content (AvgIpc) is 2.64. The first-order valence-corrected chi connectivity index (χ1v) is 10.4. The molecule has 0 saturated heterocycles. The Labute approximate surface area is 161 Å². The van der Waals surface area contributed by atoms with E-state index < -0.39 is 0 Å². The molecule has 0 bridgehead atoms. The number of carbonyl (C=O) groups excluding carboxylic acids is 1. The molecule has 1 saturated carbocycles. The maximum atomic E-state index is 12.5. The third-order valence-corrected chi connectivity index (χ3v) is 6.47. The summed E-state index contributed by atoms with van der Waals surface area (Å²) in [5.74, 6) is 0.0474. The lowest BCUT2D eigenvalue weighted by molar-refractivity contribution is 0.0929. The smallest absolute Gasteiger partial charge is 0.251 e. The van der Waals surface area contributed by atoms with Crippen molar-refractivity contribution in [3.05, 3.63) is 65.7 Å². The van der Waals surface area contributed by atoms with E-state index in [-0.39, 0.29) is 17.4 Å². The van der Waals surface area contributed by atoms with Crippen LogP contribution < -0.4 is 5.32 Å². The molecule has 2 atom stereocenters. The first-order valence-electron chi connectivity index (χ1n) is 9.56. The van der Waals surface area contributed by atoms with Gasteiger partial charge in [0.25, 0.3) is 5.91 Å². The van der Waals surface area contributed by atoms with Crippen LogP contribution in [0.5, 0.6) is 0 Å². The second-order valence-electron chi connectivity index (χ2n) is 8.16. The van der Waals surface area contributed by atoms with E-state index in [0.29, 0.717) is 5.25 Å². The SMILES string of the molecule is CC(C)(C)c1ccc(S[C@@H]2CCCC[C@H]2NC(=O)c2ccccc2)cc1. The Morgan fingerprint density at radius 3 is 2.27 bits per heavy atom. The van der Waals surface area contributed by atoms with Gasteiger partial charge >= 0.3 is 0 Å². The summed E-state index contributed by atoms with van der Waals surface area (Å²) in [6.45, 7) is 6.72. The number of carbonyl (C=O) groups is 1. The van der Waals surface area contributed by atoms with Crippen LogP contribution in [0.1, 0.15) is 62.4 Å². The Kier molecular flexibility index (Phi) is 6.08. The summed E-state index contributed by atoms with van der Waals surface area (Å²) in [5.41, 5.74) is 2.29. The monoisotopic (exact) mass is 367 g/mol.